The zero-order chi connectivity index (χ0) is 16.2. The molecule has 2 aromatic carbocycles. The minimum absolute atomic E-state index is 0.159. The van der Waals surface area contributed by atoms with Crippen molar-refractivity contribution in [2.45, 2.75) is 45.2 Å². The molecule has 0 radical (unpaired) electrons. The number of phenolic OH excluding ortho intramolecular Hbond substituents is 1. The third-order valence-corrected chi connectivity index (χ3v) is 4.76. The van der Waals surface area contributed by atoms with E-state index in [4.69, 9.17) is 0 Å². The van der Waals surface area contributed by atoms with Crippen LogP contribution in [0.2, 0.25) is 0 Å². The molecule has 1 N–H and O–H groups in total. The molecule has 3 heteroatoms. The molecule has 0 spiro atoms. The van der Waals surface area contributed by atoms with Gasteiger partial charge in [0.1, 0.15) is 11.6 Å². The second-order valence-electron chi connectivity index (χ2n) is 6.35. The number of phenols is 1. The van der Waals surface area contributed by atoms with E-state index >= 15 is 0 Å². The van der Waals surface area contributed by atoms with Gasteiger partial charge in [-0.25, -0.2) is 4.39 Å². The number of aryl methyl sites for hydroxylation is 1. The molecule has 0 heterocycles. The lowest BCUT2D eigenvalue weighted by Gasteiger charge is -2.30. The van der Waals surface area contributed by atoms with Crippen LogP contribution in [0.3, 0.4) is 0 Å². The van der Waals surface area contributed by atoms with Gasteiger partial charge in [-0.2, -0.15) is 0 Å². The van der Waals surface area contributed by atoms with E-state index in [1.54, 1.807) is 18.2 Å². The third kappa shape index (κ3) is 3.56. The highest BCUT2D eigenvalue weighted by atomic mass is 19.1. The van der Waals surface area contributed by atoms with Crippen LogP contribution in [0, 0.1) is 5.82 Å². The summed E-state index contributed by atoms with van der Waals surface area (Å²) in [6.07, 6.45) is 4.26. The fourth-order valence-corrected chi connectivity index (χ4v) is 3.50. The summed E-state index contributed by atoms with van der Waals surface area (Å²) >= 11 is 0. The van der Waals surface area contributed by atoms with Gasteiger partial charge in [0.05, 0.1) is 0 Å². The lowest BCUT2D eigenvalue weighted by atomic mass is 10.0. The van der Waals surface area contributed by atoms with Gasteiger partial charge >= 0.3 is 0 Å². The number of unbranched alkanes of at least 4 members (excludes halogenated alkanes) is 1. The highest BCUT2D eigenvalue weighted by Gasteiger charge is 2.28. The summed E-state index contributed by atoms with van der Waals surface area (Å²) in [7, 11) is 0. The van der Waals surface area contributed by atoms with Crippen LogP contribution < -0.4 is 0 Å². The van der Waals surface area contributed by atoms with E-state index in [9.17, 15) is 9.50 Å². The fraction of sp³-hybridized carbons (Fsp3) is 0.400. The number of hydrogen-bond donors (Lipinski definition) is 1. The smallest absolute Gasteiger partial charge is 0.123 e. The zero-order valence-electron chi connectivity index (χ0n) is 13.6. The van der Waals surface area contributed by atoms with Crippen molar-refractivity contribution in [3.63, 3.8) is 0 Å². The zero-order valence-corrected chi connectivity index (χ0v) is 13.6. The van der Waals surface area contributed by atoms with E-state index in [1.165, 1.54) is 5.56 Å². The van der Waals surface area contributed by atoms with Gasteiger partial charge < -0.3 is 5.11 Å². The number of benzene rings is 2. The molecular weight excluding hydrogens is 289 g/mol. The quantitative estimate of drug-likeness (QED) is 0.826. The van der Waals surface area contributed by atoms with Crippen molar-refractivity contribution in [2.75, 3.05) is 6.54 Å². The summed E-state index contributed by atoms with van der Waals surface area (Å²) in [5, 5.41) is 10.1. The number of rotatable bonds is 6. The summed E-state index contributed by atoms with van der Waals surface area (Å²) in [5.74, 6) is 0.181. The number of fused-ring (bicyclic) bond motifs is 1. The average molecular weight is 313 g/mol. The Morgan fingerprint density at radius 2 is 2.04 bits per heavy atom. The van der Waals surface area contributed by atoms with Gasteiger partial charge in [-0.15, -0.1) is 0 Å². The Labute approximate surface area is 137 Å². The number of nitrogens with zero attached hydrogens (tertiary/aromatic N) is 1. The summed E-state index contributed by atoms with van der Waals surface area (Å²) in [6, 6.07) is 12.9. The molecule has 122 valence electrons. The standard InChI is InChI=1S/C20H24FNO/c1-2-3-12-22(14-16-6-4-5-7-20(16)23)19-11-9-15-8-10-17(21)13-18(15)19/h4-8,10,13,19,23H,2-3,9,11-12,14H2,1H3. The molecule has 0 saturated heterocycles. The van der Waals surface area contributed by atoms with Crippen LogP contribution in [0.25, 0.3) is 0 Å². The molecule has 1 unspecified atom stereocenters. The van der Waals surface area contributed by atoms with Crippen molar-refractivity contribution < 1.29 is 9.50 Å². The molecule has 3 rings (SSSR count). The van der Waals surface area contributed by atoms with Gasteiger partial charge in [0.15, 0.2) is 0 Å². The first kappa shape index (κ1) is 16.0. The maximum absolute atomic E-state index is 13.7. The highest BCUT2D eigenvalue weighted by Crippen LogP contribution is 2.37. The minimum atomic E-state index is -0.159. The van der Waals surface area contributed by atoms with Crippen molar-refractivity contribution >= 4 is 0 Å². The molecule has 23 heavy (non-hydrogen) atoms. The van der Waals surface area contributed by atoms with Gasteiger partial charge in [-0.1, -0.05) is 37.6 Å². The van der Waals surface area contributed by atoms with E-state index < -0.39 is 0 Å². The molecule has 0 amide bonds. The number of hydrogen-bond acceptors (Lipinski definition) is 2. The van der Waals surface area contributed by atoms with E-state index in [-0.39, 0.29) is 11.9 Å². The first-order valence-electron chi connectivity index (χ1n) is 8.48. The largest absolute Gasteiger partial charge is 0.508 e. The first-order chi connectivity index (χ1) is 11.2. The Hall–Kier alpha value is -1.87. The van der Waals surface area contributed by atoms with Crippen molar-refractivity contribution in [1.29, 1.82) is 0 Å². The Bertz CT molecular complexity index is 670. The fourth-order valence-electron chi connectivity index (χ4n) is 3.50. The van der Waals surface area contributed by atoms with Crippen molar-refractivity contribution in [3.8, 4) is 5.75 Å². The predicted molar refractivity (Wildman–Crippen MR) is 90.9 cm³/mol. The van der Waals surface area contributed by atoms with Gasteiger partial charge in [0, 0.05) is 18.2 Å². The molecule has 0 bridgehead atoms. The molecular formula is C20H24FNO. The van der Waals surface area contributed by atoms with Gasteiger partial charge in [0.2, 0.25) is 0 Å². The summed E-state index contributed by atoms with van der Waals surface area (Å²) in [6.45, 7) is 3.85. The molecule has 0 aromatic heterocycles. The first-order valence-corrected chi connectivity index (χ1v) is 8.48. The molecule has 0 saturated carbocycles. The lowest BCUT2D eigenvalue weighted by molar-refractivity contribution is 0.182. The minimum Gasteiger partial charge on any atom is -0.508 e. The highest BCUT2D eigenvalue weighted by molar-refractivity contribution is 5.36. The van der Waals surface area contributed by atoms with Gasteiger partial charge in [0.25, 0.3) is 0 Å². The third-order valence-electron chi connectivity index (χ3n) is 4.76. The van der Waals surface area contributed by atoms with Crippen molar-refractivity contribution in [2.24, 2.45) is 0 Å². The summed E-state index contributed by atoms with van der Waals surface area (Å²) in [5.41, 5.74) is 3.32. The Morgan fingerprint density at radius 1 is 1.22 bits per heavy atom. The Morgan fingerprint density at radius 3 is 2.83 bits per heavy atom. The maximum Gasteiger partial charge on any atom is 0.123 e. The predicted octanol–water partition coefficient (Wildman–Crippen LogP) is 4.82. The van der Waals surface area contributed by atoms with Crippen molar-refractivity contribution in [1.82, 2.24) is 4.90 Å². The SMILES string of the molecule is CCCCN(Cc1ccccc1O)C1CCc2ccc(F)cc21. The average Bonchev–Trinajstić information content (AvgIpc) is 2.96. The van der Waals surface area contributed by atoms with Crippen LogP contribution in [0.1, 0.15) is 48.9 Å². The topological polar surface area (TPSA) is 23.5 Å². The molecule has 0 fully saturated rings. The number of aromatic hydroxyl groups is 1. The van der Waals surface area contributed by atoms with Crippen LogP contribution in [-0.2, 0) is 13.0 Å². The van der Waals surface area contributed by atoms with Gasteiger partial charge in [-0.3, -0.25) is 4.90 Å². The van der Waals surface area contributed by atoms with Gasteiger partial charge in [-0.05, 0) is 55.1 Å². The second kappa shape index (κ2) is 7.14. The maximum atomic E-state index is 13.7. The van der Waals surface area contributed by atoms with E-state index in [2.05, 4.69) is 11.8 Å². The van der Waals surface area contributed by atoms with E-state index in [1.807, 2.05) is 24.3 Å². The molecule has 1 aliphatic carbocycles. The van der Waals surface area contributed by atoms with Crippen LogP contribution >= 0.6 is 0 Å². The lowest BCUT2D eigenvalue weighted by Crippen LogP contribution is -2.28. The normalized spacial score (nSPS) is 16.7. The number of para-hydroxylation sites is 1. The molecule has 1 atom stereocenters. The monoisotopic (exact) mass is 313 g/mol. The Balaban J connectivity index is 1.86. The van der Waals surface area contributed by atoms with Crippen LogP contribution in [0.5, 0.6) is 5.75 Å². The van der Waals surface area contributed by atoms with Crippen molar-refractivity contribution in [3.05, 3.63) is 65.0 Å². The summed E-state index contributed by atoms with van der Waals surface area (Å²) < 4.78 is 13.7. The summed E-state index contributed by atoms with van der Waals surface area (Å²) in [4.78, 5) is 2.39. The van der Waals surface area contributed by atoms with Crippen LogP contribution in [-0.4, -0.2) is 16.6 Å². The molecule has 2 aromatic rings. The van der Waals surface area contributed by atoms with Crippen LogP contribution in [0.4, 0.5) is 4.39 Å². The number of halogens is 1. The molecule has 2 nitrogen and oxygen atoms in total. The molecule has 1 aliphatic rings. The van der Waals surface area contributed by atoms with E-state index in [0.29, 0.717) is 12.3 Å². The molecule has 0 aliphatic heterocycles. The second-order valence-corrected chi connectivity index (χ2v) is 6.35. The van der Waals surface area contributed by atoms with Crippen LogP contribution in [0.15, 0.2) is 42.5 Å². The Kier molecular flexibility index (Phi) is 4.97. The van der Waals surface area contributed by atoms with E-state index in [0.717, 1.165) is 43.4 Å².